The van der Waals surface area contributed by atoms with E-state index >= 15 is 0 Å². The molecule has 2 amide bonds. The maximum Gasteiger partial charge on any atom is 0.326 e. The Kier molecular flexibility index (Phi) is 4.42. The van der Waals surface area contributed by atoms with Crippen molar-refractivity contribution in [1.82, 2.24) is 10.2 Å². The van der Waals surface area contributed by atoms with Gasteiger partial charge in [-0.1, -0.05) is 24.3 Å². The highest BCUT2D eigenvalue weighted by Crippen LogP contribution is 2.18. The molecule has 0 aliphatic carbocycles. The van der Waals surface area contributed by atoms with Crippen LogP contribution in [0.2, 0.25) is 0 Å². The van der Waals surface area contributed by atoms with E-state index in [4.69, 9.17) is 10.2 Å². The van der Waals surface area contributed by atoms with Gasteiger partial charge in [0, 0.05) is 13.1 Å². The van der Waals surface area contributed by atoms with Crippen LogP contribution >= 0.6 is 0 Å². The number of nitrogens with zero attached hydrogens (tertiary/aromatic N) is 1. The van der Waals surface area contributed by atoms with Crippen LogP contribution in [0.4, 0.5) is 4.79 Å². The Morgan fingerprint density at radius 3 is 2.48 bits per heavy atom. The Labute approximate surface area is 121 Å². The van der Waals surface area contributed by atoms with Crippen molar-refractivity contribution < 1.29 is 24.6 Å². The number of urea groups is 1. The topological polar surface area (TPSA) is 107 Å². The van der Waals surface area contributed by atoms with Crippen LogP contribution in [0.3, 0.4) is 0 Å². The van der Waals surface area contributed by atoms with Crippen molar-refractivity contribution in [3.63, 3.8) is 0 Å². The summed E-state index contributed by atoms with van der Waals surface area (Å²) in [4.78, 5) is 35.1. The van der Waals surface area contributed by atoms with Crippen LogP contribution in [0, 0.1) is 0 Å². The largest absolute Gasteiger partial charge is 0.481 e. The normalized spacial score (nSPS) is 15.0. The van der Waals surface area contributed by atoms with Gasteiger partial charge in [-0.25, -0.2) is 9.59 Å². The zero-order valence-corrected chi connectivity index (χ0v) is 11.3. The zero-order valence-electron chi connectivity index (χ0n) is 11.3. The second kappa shape index (κ2) is 6.25. The molecule has 0 saturated carbocycles. The highest BCUT2D eigenvalue weighted by Gasteiger charge is 2.27. The summed E-state index contributed by atoms with van der Waals surface area (Å²) in [6, 6.07) is 5.74. The van der Waals surface area contributed by atoms with Crippen LogP contribution in [0.5, 0.6) is 0 Å². The molecule has 1 aliphatic heterocycles. The molecule has 1 heterocycles. The van der Waals surface area contributed by atoms with Crippen LogP contribution in [0.25, 0.3) is 0 Å². The second-order valence-electron chi connectivity index (χ2n) is 4.88. The predicted molar refractivity (Wildman–Crippen MR) is 72.8 cm³/mol. The van der Waals surface area contributed by atoms with E-state index in [1.165, 1.54) is 10.5 Å². The van der Waals surface area contributed by atoms with E-state index in [0.29, 0.717) is 19.5 Å². The van der Waals surface area contributed by atoms with Gasteiger partial charge in [0.15, 0.2) is 0 Å². The van der Waals surface area contributed by atoms with Gasteiger partial charge in [0.25, 0.3) is 0 Å². The Hall–Kier alpha value is -2.57. The average molecular weight is 292 g/mol. The van der Waals surface area contributed by atoms with Gasteiger partial charge >= 0.3 is 18.0 Å². The molecule has 0 fully saturated rings. The molecule has 0 radical (unpaired) electrons. The van der Waals surface area contributed by atoms with Crippen molar-refractivity contribution in [3.05, 3.63) is 35.4 Å². The number of amides is 2. The summed E-state index contributed by atoms with van der Waals surface area (Å²) in [5.41, 5.74) is 2.19. The van der Waals surface area contributed by atoms with Crippen LogP contribution < -0.4 is 5.32 Å². The number of carboxylic acid groups (broad SMARTS) is 2. The van der Waals surface area contributed by atoms with E-state index in [2.05, 4.69) is 5.32 Å². The van der Waals surface area contributed by atoms with Gasteiger partial charge in [-0.2, -0.15) is 0 Å². The minimum absolute atomic E-state index is 0.390. The third kappa shape index (κ3) is 3.71. The van der Waals surface area contributed by atoms with Crippen LogP contribution in [-0.4, -0.2) is 45.7 Å². The molecule has 0 spiro atoms. The molecule has 3 N–H and O–H groups in total. The molecule has 0 unspecified atom stereocenters. The number of carbonyl (C=O) groups excluding carboxylic acids is 1. The quantitative estimate of drug-likeness (QED) is 0.756. The molecule has 0 bridgehead atoms. The smallest absolute Gasteiger partial charge is 0.326 e. The van der Waals surface area contributed by atoms with Crippen molar-refractivity contribution in [2.24, 2.45) is 0 Å². The molecule has 1 aliphatic rings. The first-order chi connectivity index (χ1) is 9.97. The van der Waals surface area contributed by atoms with Crippen molar-refractivity contribution in [1.29, 1.82) is 0 Å². The predicted octanol–water partition coefficient (Wildman–Crippen LogP) is 0.682. The first kappa shape index (κ1) is 14.8. The lowest BCUT2D eigenvalue weighted by atomic mass is 10.0. The Morgan fingerprint density at radius 1 is 1.19 bits per heavy atom. The molecule has 1 aromatic carbocycles. The SMILES string of the molecule is O=C(O)C[C@H](NC(=O)N1CCc2ccccc2C1)C(=O)O. The molecule has 0 saturated heterocycles. The molecule has 1 aromatic rings. The Bertz CT molecular complexity index is 572. The van der Waals surface area contributed by atoms with E-state index in [0.717, 1.165) is 5.56 Å². The highest BCUT2D eigenvalue weighted by molar-refractivity contribution is 5.86. The molecule has 21 heavy (non-hydrogen) atoms. The molecular formula is C14H16N2O5. The van der Waals surface area contributed by atoms with Gasteiger partial charge in [0.2, 0.25) is 0 Å². The highest BCUT2D eigenvalue weighted by atomic mass is 16.4. The summed E-state index contributed by atoms with van der Waals surface area (Å²) < 4.78 is 0. The Balaban J connectivity index is 2.01. The van der Waals surface area contributed by atoms with E-state index in [1.54, 1.807) is 0 Å². The minimum atomic E-state index is -1.42. The molecule has 112 valence electrons. The van der Waals surface area contributed by atoms with Crippen LogP contribution in [0.1, 0.15) is 17.5 Å². The summed E-state index contributed by atoms with van der Waals surface area (Å²) in [5, 5.41) is 19.8. The summed E-state index contributed by atoms with van der Waals surface area (Å²) >= 11 is 0. The number of rotatable bonds is 4. The lowest BCUT2D eigenvalue weighted by Crippen LogP contribution is -2.49. The van der Waals surface area contributed by atoms with Crippen LogP contribution in [0.15, 0.2) is 24.3 Å². The van der Waals surface area contributed by atoms with Crippen molar-refractivity contribution in [2.45, 2.75) is 25.4 Å². The van der Waals surface area contributed by atoms with E-state index in [-0.39, 0.29) is 0 Å². The fourth-order valence-corrected chi connectivity index (χ4v) is 2.28. The summed E-state index contributed by atoms with van der Waals surface area (Å²) in [6.07, 6.45) is 0.0474. The van der Waals surface area contributed by atoms with Gasteiger partial charge in [-0.05, 0) is 17.5 Å². The minimum Gasteiger partial charge on any atom is -0.481 e. The van der Waals surface area contributed by atoms with E-state index in [9.17, 15) is 14.4 Å². The first-order valence-electron chi connectivity index (χ1n) is 6.54. The molecule has 0 aromatic heterocycles. The first-order valence-corrected chi connectivity index (χ1v) is 6.54. The van der Waals surface area contributed by atoms with Gasteiger partial charge in [0.1, 0.15) is 6.04 Å². The fraction of sp³-hybridized carbons (Fsp3) is 0.357. The lowest BCUT2D eigenvalue weighted by Gasteiger charge is -2.29. The van der Waals surface area contributed by atoms with Gasteiger partial charge in [-0.15, -0.1) is 0 Å². The molecule has 7 nitrogen and oxygen atoms in total. The standard InChI is InChI=1S/C14H16N2O5/c17-12(18)7-11(13(19)20)15-14(21)16-6-5-9-3-1-2-4-10(9)8-16/h1-4,11H,5-8H2,(H,15,21)(H,17,18)(H,19,20)/t11-/m0/s1. The number of carboxylic acids is 2. The maximum absolute atomic E-state index is 12.1. The molecular weight excluding hydrogens is 276 g/mol. The fourth-order valence-electron chi connectivity index (χ4n) is 2.28. The molecule has 2 rings (SSSR count). The summed E-state index contributed by atoms with van der Waals surface area (Å²) in [7, 11) is 0. The Morgan fingerprint density at radius 2 is 1.86 bits per heavy atom. The third-order valence-electron chi connectivity index (χ3n) is 3.39. The van der Waals surface area contributed by atoms with Crippen LogP contribution in [-0.2, 0) is 22.6 Å². The lowest BCUT2D eigenvalue weighted by molar-refractivity contribution is -0.145. The summed E-state index contributed by atoms with van der Waals surface area (Å²) in [6.45, 7) is 0.865. The van der Waals surface area contributed by atoms with E-state index < -0.39 is 30.4 Å². The number of hydrogen-bond donors (Lipinski definition) is 3. The van der Waals surface area contributed by atoms with Gasteiger partial charge in [0.05, 0.1) is 6.42 Å². The van der Waals surface area contributed by atoms with E-state index in [1.807, 2.05) is 24.3 Å². The van der Waals surface area contributed by atoms with Gasteiger partial charge < -0.3 is 20.4 Å². The monoisotopic (exact) mass is 292 g/mol. The van der Waals surface area contributed by atoms with Gasteiger partial charge in [-0.3, -0.25) is 4.79 Å². The number of fused-ring (bicyclic) bond motifs is 1. The number of aliphatic carboxylic acids is 2. The third-order valence-corrected chi connectivity index (χ3v) is 3.39. The number of hydrogen-bond acceptors (Lipinski definition) is 3. The molecule has 1 atom stereocenters. The second-order valence-corrected chi connectivity index (χ2v) is 4.88. The average Bonchev–Trinajstić information content (AvgIpc) is 2.45. The number of nitrogens with one attached hydrogen (secondary N) is 1. The van der Waals surface area contributed by atoms with Crippen molar-refractivity contribution in [2.75, 3.05) is 6.54 Å². The maximum atomic E-state index is 12.1. The number of carbonyl (C=O) groups is 3. The van der Waals surface area contributed by atoms with Crippen molar-refractivity contribution >= 4 is 18.0 Å². The molecule has 7 heteroatoms. The summed E-state index contributed by atoms with van der Waals surface area (Å²) in [5.74, 6) is -2.63. The van der Waals surface area contributed by atoms with Crippen molar-refractivity contribution in [3.8, 4) is 0 Å². The zero-order chi connectivity index (χ0) is 15.4. The number of benzene rings is 1.